The Morgan fingerprint density at radius 1 is 1.64 bits per heavy atom. The van der Waals surface area contributed by atoms with E-state index < -0.39 is 0 Å². The molecule has 2 heterocycles. The van der Waals surface area contributed by atoms with Crippen LogP contribution >= 0.6 is 11.5 Å². The summed E-state index contributed by atoms with van der Waals surface area (Å²) < 4.78 is 3.68. The molecule has 6 heteroatoms. The number of aromatic nitrogens is 2. The molecule has 76 valence electrons. The number of nitrogens with zero attached hydrogens (tertiary/aromatic N) is 2. The second-order valence-electron chi connectivity index (χ2n) is 3.27. The largest absolute Gasteiger partial charge is 0.314 e. The average molecular weight is 212 g/mol. The van der Waals surface area contributed by atoms with Gasteiger partial charge in [-0.3, -0.25) is 4.79 Å². The van der Waals surface area contributed by atoms with Crippen LogP contribution in [0, 0.1) is 0 Å². The molecular weight excluding hydrogens is 200 g/mol. The van der Waals surface area contributed by atoms with Crippen molar-refractivity contribution in [3.8, 4) is 0 Å². The minimum Gasteiger partial charge on any atom is -0.314 e. The van der Waals surface area contributed by atoms with Gasteiger partial charge in [-0.25, -0.2) is 0 Å². The zero-order chi connectivity index (χ0) is 9.80. The van der Waals surface area contributed by atoms with Crippen LogP contribution in [0.3, 0.4) is 0 Å². The summed E-state index contributed by atoms with van der Waals surface area (Å²) in [6.45, 7) is 0.930. The van der Waals surface area contributed by atoms with Gasteiger partial charge in [-0.2, -0.15) is 0 Å². The third-order valence-corrected chi connectivity index (χ3v) is 2.81. The van der Waals surface area contributed by atoms with Gasteiger partial charge in [0.2, 0.25) is 5.91 Å². The van der Waals surface area contributed by atoms with E-state index in [9.17, 15) is 4.79 Å². The van der Waals surface area contributed by atoms with Gasteiger partial charge in [0.1, 0.15) is 5.00 Å². The lowest BCUT2D eigenvalue weighted by Gasteiger charge is -2.21. The molecule has 1 unspecified atom stereocenters. The van der Waals surface area contributed by atoms with E-state index in [2.05, 4.69) is 20.2 Å². The number of nitrogens with one attached hydrogen (secondary N) is 2. The van der Waals surface area contributed by atoms with Crippen LogP contribution in [0.4, 0.5) is 5.00 Å². The Kier molecular flexibility index (Phi) is 3.05. The number of hydrogen-bond donors (Lipinski definition) is 2. The number of anilines is 1. The van der Waals surface area contributed by atoms with Gasteiger partial charge in [-0.15, -0.1) is 5.10 Å². The molecule has 2 N–H and O–H groups in total. The minimum atomic E-state index is -0.0501. The SMILES string of the molecule is O=C(Nc1cnns1)C1CCCCN1. The Labute approximate surface area is 86.1 Å². The summed E-state index contributed by atoms with van der Waals surface area (Å²) in [5, 5.41) is 10.3. The second-order valence-corrected chi connectivity index (χ2v) is 4.06. The Morgan fingerprint density at radius 2 is 2.57 bits per heavy atom. The number of piperidine rings is 1. The van der Waals surface area contributed by atoms with Crippen molar-refractivity contribution in [2.75, 3.05) is 11.9 Å². The summed E-state index contributed by atoms with van der Waals surface area (Å²) in [5.41, 5.74) is 0. The first-order chi connectivity index (χ1) is 6.86. The fourth-order valence-electron chi connectivity index (χ4n) is 1.51. The Bertz CT molecular complexity index is 294. The van der Waals surface area contributed by atoms with E-state index in [0.717, 1.165) is 25.8 Å². The lowest BCUT2D eigenvalue weighted by Crippen LogP contribution is -2.43. The van der Waals surface area contributed by atoms with E-state index in [1.54, 1.807) is 6.20 Å². The predicted octanol–water partition coefficient (Wildman–Crippen LogP) is 0.619. The summed E-state index contributed by atoms with van der Waals surface area (Å²) >= 11 is 1.19. The molecule has 1 aliphatic heterocycles. The normalized spacial score (nSPS) is 21.9. The molecule has 0 aromatic carbocycles. The highest BCUT2D eigenvalue weighted by Crippen LogP contribution is 2.12. The molecule has 0 aliphatic carbocycles. The van der Waals surface area contributed by atoms with Crippen LogP contribution < -0.4 is 10.6 Å². The van der Waals surface area contributed by atoms with Gasteiger partial charge in [0, 0.05) is 11.5 Å². The van der Waals surface area contributed by atoms with Crippen LogP contribution in [0.15, 0.2) is 6.20 Å². The van der Waals surface area contributed by atoms with Crippen molar-refractivity contribution in [1.29, 1.82) is 0 Å². The van der Waals surface area contributed by atoms with E-state index >= 15 is 0 Å². The highest BCUT2D eigenvalue weighted by Gasteiger charge is 2.20. The number of carbonyl (C=O) groups is 1. The maximum Gasteiger partial charge on any atom is 0.242 e. The molecule has 1 aromatic rings. The summed E-state index contributed by atoms with van der Waals surface area (Å²) in [6, 6.07) is -0.0501. The van der Waals surface area contributed by atoms with Gasteiger partial charge < -0.3 is 10.6 Å². The molecule has 1 amide bonds. The molecule has 1 aliphatic rings. The molecule has 0 spiro atoms. The predicted molar refractivity (Wildman–Crippen MR) is 54.2 cm³/mol. The van der Waals surface area contributed by atoms with Gasteiger partial charge in [0.25, 0.3) is 0 Å². The van der Waals surface area contributed by atoms with Crippen LogP contribution in [-0.2, 0) is 4.79 Å². The van der Waals surface area contributed by atoms with E-state index in [0.29, 0.717) is 5.00 Å². The van der Waals surface area contributed by atoms with Crippen LogP contribution in [0.25, 0.3) is 0 Å². The maximum atomic E-state index is 11.6. The molecule has 2 rings (SSSR count). The van der Waals surface area contributed by atoms with Crippen LogP contribution in [-0.4, -0.2) is 28.1 Å². The van der Waals surface area contributed by atoms with E-state index in [1.165, 1.54) is 11.5 Å². The van der Waals surface area contributed by atoms with Crippen molar-refractivity contribution in [1.82, 2.24) is 14.9 Å². The molecule has 14 heavy (non-hydrogen) atoms. The topological polar surface area (TPSA) is 66.9 Å². The Morgan fingerprint density at radius 3 is 3.21 bits per heavy atom. The van der Waals surface area contributed by atoms with Gasteiger partial charge >= 0.3 is 0 Å². The number of rotatable bonds is 2. The van der Waals surface area contributed by atoms with Crippen molar-refractivity contribution >= 4 is 22.4 Å². The van der Waals surface area contributed by atoms with Gasteiger partial charge in [-0.05, 0) is 19.4 Å². The lowest BCUT2D eigenvalue weighted by atomic mass is 10.0. The highest BCUT2D eigenvalue weighted by molar-refractivity contribution is 7.10. The first-order valence-electron chi connectivity index (χ1n) is 4.68. The van der Waals surface area contributed by atoms with Crippen molar-refractivity contribution in [3.63, 3.8) is 0 Å². The zero-order valence-corrected chi connectivity index (χ0v) is 8.51. The molecule has 1 atom stereocenters. The van der Waals surface area contributed by atoms with Crippen molar-refractivity contribution in [2.45, 2.75) is 25.3 Å². The first kappa shape index (κ1) is 9.54. The molecule has 0 bridgehead atoms. The third-order valence-electron chi connectivity index (χ3n) is 2.23. The van der Waals surface area contributed by atoms with E-state index in [1.807, 2.05) is 0 Å². The first-order valence-corrected chi connectivity index (χ1v) is 5.45. The number of amides is 1. The molecule has 5 nitrogen and oxygen atoms in total. The third kappa shape index (κ3) is 2.27. The van der Waals surface area contributed by atoms with Crippen LogP contribution in [0.2, 0.25) is 0 Å². The molecule has 1 saturated heterocycles. The van der Waals surface area contributed by atoms with Crippen molar-refractivity contribution in [2.24, 2.45) is 0 Å². The maximum absolute atomic E-state index is 11.6. The smallest absolute Gasteiger partial charge is 0.242 e. The van der Waals surface area contributed by atoms with E-state index in [4.69, 9.17) is 0 Å². The summed E-state index contributed by atoms with van der Waals surface area (Å²) in [6.07, 6.45) is 4.75. The summed E-state index contributed by atoms with van der Waals surface area (Å²) in [7, 11) is 0. The monoisotopic (exact) mass is 212 g/mol. The minimum absolute atomic E-state index is 0.0238. The average Bonchev–Trinajstić information content (AvgIpc) is 2.72. The molecular formula is C8H12N4OS. The van der Waals surface area contributed by atoms with Crippen molar-refractivity contribution < 1.29 is 4.79 Å². The Hall–Kier alpha value is -1.01. The van der Waals surface area contributed by atoms with E-state index in [-0.39, 0.29) is 11.9 Å². The number of carbonyl (C=O) groups excluding carboxylic acids is 1. The van der Waals surface area contributed by atoms with Crippen LogP contribution in [0.1, 0.15) is 19.3 Å². The molecule has 0 saturated carbocycles. The summed E-state index contributed by atoms with van der Waals surface area (Å²) in [4.78, 5) is 11.6. The molecule has 1 fully saturated rings. The van der Waals surface area contributed by atoms with Gasteiger partial charge in [-0.1, -0.05) is 10.9 Å². The van der Waals surface area contributed by atoms with Gasteiger partial charge in [0.05, 0.1) is 12.2 Å². The number of hydrogen-bond acceptors (Lipinski definition) is 5. The van der Waals surface area contributed by atoms with Gasteiger partial charge in [0.15, 0.2) is 0 Å². The zero-order valence-electron chi connectivity index (χ0n) is 7.69. The lowest BCUT2D eigenvalue weighted by molar-refractivity contribution is -0.118. The molecule has 0 radical (unpaired) electrons. The Balaban J connectivity index is 1.88. The van der Waals surface area contributed by atoms with Crippen LogP contribution in [0.5, 0.6) is 0 Å². The second kappa shape index (κ2) is 4.47. The molecule has 1 aromatic heterocycles. The highest BCUT2D eigenvalue weighted by atomic mass is 32.1. The standard InChI is InChI=1S/C8H12N4OS/c13-8(6-3-1-2-4-9-6)11-7-5-10-12-14-7/h5-6,9H,1-4H2,(H,11,13). The quantitative estimate of drug-likeness (QED) is 0.754. The van der Waals surface area contributed by atoms with Crippen molar-refractivity contribution in [3.05, 3.63) is 6.20 Å². The fraction of sp³-hybridized carbons (Fsp3) is 0.625. The summed E-state index contributed by atoms with van der Waals surface area (Å²) in [5.74, 6) is 0.0238. The fourth-order valence-corrected chi connectivity index (χ4v) is 1.93.